The Hall–Kier alpha value is -2.78. The summed E-state index contributed by atoms with van der Waals surface area (Å²) in [4.78, 5) is 0. The molecule has 0 fully saturated rings. The van der Waals surface area contributed by atoms with Crippen molar-refractivity contribution in [1.82, 2.24) is 0 Å². The number of halogens is 11. The molecular weight excluding hydrogens is 480 g/mol. The maximum absolute atomic E-state index is 14.9. The van der Waals surface area contributed by atoms with Gasteiger partial charge in [-0.1, -0.05) is 0 Å². The van der Waals surface area contributed by atoms with Crippen molar-refractivity contribution in [3.63, 3.8) is 0 Å². The Morgan fingerprint density at radius 2 is 0.875 bits per heavy atom. The van der Waals surface area contributed by atoms with Gasteiger partial charge in [-0.05, 0) is 13.3 Å². The summed E-state index contributed by atoms with van der Waals surface area (Å²) in [6, 6.07) is -0.443. The summed E-state index contributed by atoms with van der Waals surface area (Å²) < 4.78 is 155. The SMILES string of the molecule is COc1cc(F)c(F)[c]([Al]([c]2c(F)cc(F)c(F)c2F)[c]2c(F)cc(F)c(F)c2F)c1F. The van der Waals surface area contributed by atoms with Crippen LogP contribution in [-0.2, 0) is 0 Å². The summed E-state index contributed by atoms with van der Waals surface area (Å²) >= 11 is -5.10. The minimum absolute atomic E-state index is 0.148. The predicted octanol–water partition coefficient (Wildman–Crippen LogP) is 3.74. The second kappa shape index (κ2) is 8.63. The number of methoxy groups -OCH3 is 1. The Balaban J connectivity index is 2.58. The van der Waals surface area contributed by atoms with Gasteiger partial charge in [-0.3, -0.25) is 0 Å². The normalized spacial score (nSPS) is 11.1. The molecule has 0 unspecified atom stereocenters. The quantitative estimate of drug-likeness (QED) is 0.237. The van der Waals surface area contributed by atoms with Gasteiger partial charge in [-0.15, -0.1) is 0 Å². The Kier molecular flexibility index (Phi) is 6.44. The summed E-state index contributed by atoms with van der Waals surface area (Å²) in [5, 5.41) is 0. The molecule has 32 heavy (non-hydrogen) atoms. The Bertz CT molecular complexity index is 1180. The number of rotatable bonds is 4. The fraction of sp³-hybridized carbons (Fsp3) is 0.0526. The van der Waals surface area contributed by atoms with Crippen LogP contribution in [0.3, 0.4) is 0 Å². The van der Waals surface area contributed by atoms with Gasteiger partial charge in [-0.25, -0.2) is 48.3 Å². The maximum Gasteiger partial charge on any atom is 0.412 e. The van der Waals surface area contributed by atoms with E-state index in [0.717, 1.165) is 7.11 Å². The van der Waals surface area contributed by atoms with E-state index >= 15 is 0 Å². The van der Waals surface area contributed by atoms with Crippen molar-refractivity contribution in [3.05, 3.63) is 82.2 Å². The van der Waals surface area contributed by atoms with Crippen LogP contribution in [0.4, 0.5) is 48.3 Å². The van der Waals surface area contributed by atoms with Gasteiger partial charge >= 0.3 is 14.1 Å². The molecule has 0 spiro atoms. The zero-order chi connectivity index (χ0) is 24.1. The van der Waals surface area contributed by atoms with Gasteiger partial charge in [0.2, 0.25) is 0 Å². The van der Waals surface area contributed by atoms with Gasteiger partial charge in [-0.2, -0.15) is 0 Å². The molecule has 0 N–H and O–H groups in total. The minimum Gasteiger partial charge on any atom is -0.494 e. The Labute approximate surface area is 176 Å². The minimum atomic E-state index is -5.10. The van der Waals surface area contributed by atoms with Crippen LogP contribution in [0.1, 0.15) is 0 Å². The maximum atomic E-state index is 14.9. The Morgan fingerprint density at radius 1 is 0.469 bits per heavy atom. The van der Waals surface area contributed by atoms with Crippen molar-refractivity contribution in [2.24, 2.45) is 0 Å². The van der Waals surface area contributed by atoms with E-state index in [9.17, 15) is 48.3 Å². The number of hydrogen-bond acceptors (Lipinski definition) is 1. The van der Waals surface area contributed by atoms with Crippen molar-refractivity contribution in [3.8, 4) is 5.75 Å². The molecule has 0 bridgehead atoms. The van der Waals surface area contributed by atoms with Crippen LogP contribution in [0.5, 0.6) is 5.75 Å². The molecule has 0 saturated carbocycles. The van der Waals surface area contributed by atoms with Gasteiger partial charge in [0.25, 0.3) is 0 Å². The van der Waals surface area contributed by atoms with E-state index < -0.39 is 97.2 Å². The van der Waals surface area contributed by atoms with Gasteiger partial charge in [0.05, 0.1) is 7.11 Å². The third kappa shape index (κ3) is 3.69. The molecule has 0 aliphatic carbocycles. The highest BCUT2D eigenvalue weighted by Gasteiger charge is 2.44. The molecule has 0 aliphatic rings. The zero-order valence-corrected chi connectivity index (χ0v) is 16.5. The topological polar surface area (TPSA) is 9.23 Å². The first-order valence-electron chi connectivity index (χ1n) is 8.29. The van der Waals surface area contributed by atoms with E-state index in [-0.39, 0.29) is 18.2 Å². The second-order valence-corrected chi connectivity index (χ2v) is 8.90. The monoisotopic (exact) mass is 486 g/mol. The number of ether oxygens (including phenoxy) is 1. The fourth-order valence-corrected chi connectivity index (χ4v) is 6.26. The van der Waals surface area contributed by atoms with E-state index in [1.54, 1.807) is 0 Å². The van der Waals surface area contributed by atoms with Gasteiger partial charge < -0.3 is 4.74 Å². The zero-order valence-electron chi connectivity index (χ0n) is 15.4. The Morgan fingerprint density at radius 3 is 1.28 bits per heavy atom. The smallest absolute Gasteiger partial charge is 0.412 e. The van der Waals surface area contributed by atoms with E-state index in [1.165, 1.54) is 0 Å². The molecule has 0 aliphatic heterocycles. The summed E-state index contributed by atoms with van der Waals surface area (Å²) in [6.07, 6.45) is 0. The van der Waals surface area contributed by atoms with Crippen molar-refractivity contribution >= 4 is 27.4 Å². The van der Waals surface area contributed by atoms with Crippen LogP contribution < -0.4 is 18.0 Å². The summed E-state index contributed by atoms with van der Waals surface area (Å²) in [5.41, 5.74) is 0. The van der Waals surface area contributed by atoms with Gasteiger partial charge in [0.1, 0.15) is 17.5 Å². The average molecular weight is 486 g/mol. The summed E-state index contributed by atoms with van der Waals surface area (Å²) in [6.45, 7) is 0. The highest BCUT2D eigenvalue weighted by atomic mass is 27.2. The van der Waals surface area contributed by atoms with Gasteiger partial charge in [0, 0.05) is 18.2 Å². The molecule has 3 aromatic rings. The van der Waals surface area contributed by atoms with Crippen LogP contribution in [0, 0.1) is 64.0 Å². The van der Waals surface area contributed by atoms with Crippen molar-refractivity contribution in [2.75, 3.05) is 7.11 Å². The summed E-state index contributed by atoms with van der Waals surface area (Å²) in [7, 11) is 0.757. The van der Waals surface area contributed by atoms with Crippen molar-refractivity contribution in [2.45, 2.75) is 0 Å². The lowest BCUT2D eigenvalue weighted by molar-refractivity contribution is 0.379. The standard InChI is InChI=1S/C7H4F3O.2C6HF4.Al/c1-11-7-3-5(9)4(8)2-6(7)10;2*7-3-1-4(8)6(10)5(9)2-3;/h3H,1H3;2*1H;. The number of benzene rings is 3. The molecule has 3 aromatic carbocycles. The molecule has 13 heteroatoms. The molecule has 0 aromatic heterocycles. The molecule has 168 valence electrons. The molecule has 0 heterocycles. The fourth-order valence-electron chi connectivity index (χ4n) is 3.12. The molecule has 0 atom stereocenters. The molecule has 0 amide bonds. The largest absolute Gasteiger partial charge is 0.494 e. The van der Waals surface area contributed by atoms with E-state index in [0.29, 0.717) is 0 Å². The van der Waals surface area contributed by atoms with Crippen LogP contribution in [-0.4, -0.2) is 21.3 Å². The lowest BCUT2D eigenvalue weighted by atomic mass is 10.3. The molecule has 0 saturated heterocycles. The first kappa shape index (κ1) is 23.9. The summed E-state index contributed by atoms with van der Waals surface area (Å²) in [5.74, 6) is -25.2. The lowest BCUT2D eigenvalue weighted by Gasteiger charge is -2.20. The van der Waals surface area contributed by atoms with Gasteiger partial charge in [0.15, 0.2) is 52.3 Å². The van der Waals surface area contributed by atoms with Crippen LogP contribution >= 0.6 is 0 Å². The molecule has 3 rings (SSSR count). The van der Waals surface area contributed by atoms with Crippen LogP contribution in [0.2, 0.25) is 0 Å². The number of hydrogen-bond donors (Lipinski definition) is 0. The van der Waals surface area contributed by atoms with E-state index in [2.05, 4.69) is 4.74 Å². The molecular formula is C19H6AlF11O. The third-order valence-corrected chi connectivity index (χ3v) is 7.84. The van der Waals surface area contributed by atoms with Crippen molar-refractivity contribution < 1.29 is 53.0 Å². The highest BCUT2D eigenvalue weighted by molar-refractivity contribution is 6.95. The average Bonchev–Trinajstić information content (AvgIpc) is 2.72. The highest BCUT2D eigenvalue weighted by Crippen LogP contribution is 2.22. The first-order chi connectivity index (χ1) is 14.9. The van der Waals surface area contributed by atoms with E-state index in [1.807, 2.05) is 0 Å². The second-order valence-electron chi connectivity index (χ2n) is 6.30. The first-order valence-corrected chi connectivity index (χ1v) is 10.0. The van der Waals surface area contributed by atoms with Crippen LogP contribution in [0.25, 0.3) is 0 Å². The van der Waals surface area contributed by atoms with Crippen molar-refractivity contribution in [1.29, 1.82) is 0 Å². The van der Waals surface area contributed by atoms with E-state index in [4.69, 9.17) is 0 Å². The molecule has 0 radical (unpaired) electrons. The predicted molar refractivity (Wildman–Crippen MR) is 90.1 cm³/mol. The lowest BCUT2D eigenvalue weighted by Crippen LogP contribution is -2.59. The molecule has 1 nitrogen and oxygen atoms in total. The third-order valence-electron chi connectivity index (χ3n) is 4.54. The van der Waals surface area contributed by atoms with Crippen LogP contribution in [0.15, 0.2) is 18.2 Å².